The summed E-state index contributed by atoms with van der Waals surface area (Å²) in [4.78, 5) is 17.3. The molecular weight excluding hydrogens is 426 g/mol. The molecular formula is C21H22ClN3O2S2. The maximum absolute atomic E-state index is 12.4. The molecule has 1 unspecified atom stereocenters. The van der Waals surface area contributed by atoms with Crippen LogP contribution in [0, 0.1) is 0 Å². The molecule has 0 spiro atoms. The second-order valence-corrected chi connectivity index (χ2v) is 10.8. The van der Waals surface area contributed by atoms with Crippen molar-refractivity contribution in [2.75, 3.05) is 0 Å². The van der Waals surface area contributed by atoms with E-state index < -0.39 is 5.60 Å². The Bertz CT molecular complexity index is 1050. The Labute approximate surface area is 182 Å². The van der Waals surface area contributed by atoms with Crippen LogP contribution in [0.15, 0.2) is 46.6 Å². The fourth-order valence-corrected chi connectivity index (χ4v) is 6.53. The summed E-state index contributed by atoms with van der Waals surface area (Å²) in [6.45, 7) is 1.19. The third kappa shape index (κ3) is 3.94. The Morgan fingerprint density at radius 2 is 1.97 bits per heavy atom. The SMILES string of the molecule is O=c1ccc(-c2ccc(Cl)s2)nn1CC1(O)C[C@H]2CC[C@@H](C1)N2Cc1cccs1. The van der Waals surface area contributed by atoms with Gasteiger partial charge in [0.05, 0.1) is 21.4 Å². The van der Waals surface area contributed by atoms with E-state index in [-0.39, 0.29) is 12.1 Å². The van der Waals surface area contributed by atoms with Crippen molar-refractivity contribution in [3.05, 3.63) is 61.3 Å². The van der Waals surface area contributed by atoms with Gasteiger partial charge in [-0.1, -0.05) is 17.7 Å². The summed E-state index contributed by atoms with van der Waals surface area (Å²) in [6.07, 6.45) is 3.57. The first-order valence-corrected chi connectivity index (χ1v) is 11.9. The van der Waals surface area contributed by atoms with Crippen LogP contribution in [0.5, 0.6) is 0 Å². The maximum Gasteiger partial charge on any atom is 0.266 e. The molecule has 5 rings (SSSR count). The number of aliphatic hydroxyl groups is 1. The molecule has 0 amide bonds. The first-order chi connectivity index (χ1) is 14.0. The Morgan fingerprint density at radius 3 is 2.62 bits per heavy atom. The molecule has 2 saturated heterocycles. The molecule has 5 heterocycles. The van der Waals surface area contributed by atoms with Crippen molar-refractivity contribution in [3.8, 4) is 10.6 Å². The fraction of sp³-hybridized carbons (Fsp3) is 0.429. The summed E-state index contributed by atoms with van der Waals surface area (Å²) < 4.78 is 2.12. The monoisotopic (exact) mass is 447 g/mol. The Hall–Kier alpha value is -1.51. The lowest BCUT2D eigenvalue weighted by Crippen LogP contribution is -2.53. The molecule has 0 aliphatic carbocycles. The topological polar surface area (TPSA) is 58.4 Å². The zero-order chi connectivity index (χ0) is 20.0. The van der Waals surface area contributed by atoms with Gasteiger partial charge in [-0.25, -0.2) is 4.68 Å². The smallest absolute Gasteiger partial charge is 0.266 e. The third-order valence-electron chi connectivity index (χ3n) is 6.06. The lowest BCUT2D eigenvalue weighted by atomic mass is 9.86. The average Bonchev–Trinajstić information content (AvgIpc) is 3.40. The molecule has 5 nitrogen and oxygen atoms in total. The van der Waals surface area contributed by atoms with Crippen molar-refractivity contribution in [1.82, 2.24) is 14.7 Å². The van der Waals surface area contributed by atoms with Gasteiger partial charge in [-0.3, -0.25) is 9.69 Å². The summed E-state index contributed by atoms with van der Waals surface area (Å²) in [7, 11) is 0. The average molecular weight is 448 g/mol. The van der Waals surface area contributed by atoms with E-state index in [4.69, 9.17) is 11.6 Å². The Morgan fingerprint density at radius 1 is 1.17 bits per heavy atom. The van der Waals surface area contributed by atoms with Gasteiger partial charge in [0, 0.05) is 29.6 Å². The van der Waals surface area contributed by atoms with E-state index in [2.05, 4.69) is 27.5 Å². The second kappa shape index (κ2) is 7.63. The number of thiophene rings is 2. The van der Waals surface area contributed by atoms with E-state index in [1.165, 1.54) is 27.0 Å². The number of aromatic nitrogens is 2. The maximum atomic E-state index is 12.4. The molecule has 8 heteroatoms. The van der Waals surface area contributed by atoms with Crippen LogP contribution in [0.3, 0.4) is 0 Å². The molecule has 3 aromatic heterocycles. The molecule has 1 N–H and O–H groups in total. The number of rotatable bonds is 5. The largest absolute Gasteiger partial charge is 0.388 e. The highest BCUT2D eigenvalue weighted by molar-refractivity contribution is 7.19. The van der Waals surface area contributed by atoms with Crippen LogP contribution in [0.1, 0.15) is 30.6 Å². The minimum absolute atomic E-state index is 0.182. The first kappa shape index (κ1) is 19.5. The van der Waals surface area contributed by atoms with Crippen LogP contribution < -0.4 is 5.56 Å². The molecule has 152 valence electrons. The molecule has 2 fully saturated rings. The highest BCUT2D eigenvalue weighted by atomic mass is 35.5. The molecule has 2 bridgehead atoms. The molecule has 2 aliphatic heterocycles. The van der Waals surface area contributed by atoms with E-state index in [1.807, 2.05) is 12.1 Å². The van der Waals surface area contributed by atoms with Crippen LogP contribution in [0.25, 0.3) is 10.6 Å². The summed E-state index contributed by atoms with van der Waals surface area (Å²) in [5.41, 5.74) is -0.373. The van der Waals surface area contributed by atoms with Crippen molar-refractivity contribution in [1.29, 1.82) is 0 Å². The van der Waals surface area contributed by atoms with Crippen molar-refractivity contribution in [2.24, 2.45) is 0 Å². The zero-order valence-corrected chi connectivity index (χ0v) is 18.2. The Kier molecular flexibility index (Phi) is 5.12. The number of nitrogens with zero attached hydrogens (tertiary/aromatic N) is 3. The minimum atomic E-state index is -0.902. The van der Waals surface area contributed by atoms with Crippen LogP contribution in [0.4, 0.5) is 0 Å². The van der Waals surface area contributed by atoms with E-state index in [0.29, 0.717) is 35.0 Å². The van der Waals surface area contributed by atoms with Gasteiger partial charge >= 0.3 is 0 Å². The highest BCUT2D eigenvalue weighted by Gasteiger charge is 2.47. The van der Waals surface area contributed by atoms with Crippen LogP contribution in [-0.4, -0.2) is 37.5 Å². The number of hydrogen-bond acceptors (Lipinski definition) is 6. The van der Waals surface area contributed by atoms with E-state index in [9.17, 15) is 9.90 Å². The summed E-state index contributed by atoms with van der Waals surface area (Å²) in [6, 6.07) is 12.0. The first-order valence-electron chi connectivity index (χ1n) is 9.83. The predicted octanol–water partition coefficient (Wildman–Crippen LogP) is 4.24. The molecule has 0 saturated carbocycles. The van der Waals surface area contributed by atoms with Gasteiger partial charge < -0.3 is 5.11 Å². The van der Waals surface area contributed by atoms with E-state index in [1.54, 1.807) is 17.4 Å². The quantitative estimate of drug-likeness (QED) is 0.635. The summed E-state index contributed by atoms with van der Waals surface area (Å²) >= 11 is 9.26. The van der Waals surface area contributed by atoms with Crippen LogP contribution in [0.2, 0.25) is 4.34 Å². The van der Waals surface area contributed by atoms with Gasteiger partial charge in [0.2, 0.25) is 0 Å². The van der Waals surface area contributed by atoms with Gasteiger partial charge in [0.25, 0.3) is 5.56 Å². The molecule has 3 aromatic rings. The van der Waals surface area contributed by atoms with Gasteiger partial charge in [0.15, 0.2) is 0 Å². The zero-order valence-electron chi connectivity index (χ0n) is 15.8. The number of hydrogen-bond donors (Lipinski definition) is 1. The highest BCUT2D eigenvalue weighted by Crippen LogP contribution is 2.42. The summed E-state index contributed by atoms with van der Waals surface area (Å²) in [5, 5.41) is 18.0. The Balaban J connectivity index is 1.35. The second-order valence-electron chi connectivity index (χ2n) is 8.09. The van der Waals surface area contributed by atoms with Crippen molar-refractivity contribution in [3.63, 3.8) is 0 Å². The lowest BCUT2D eigenvalue weighted by molar-refractivity contribution is -0.0674. The predicted molar refractivity (Wildman–Crippen MR) is 118 cm³/mol. The third-order valence-corrected chi connectivity index (χ3v) is 8.17. The normalized spacial score (nSPS) is 26.8. The van der Waals surface area contributed by atoms with Crippen molar-refractivity contribution < 1.29 is 5.11 Å². The standard InChI is InChI=1S/C21H22ClN3O2S2/c22-19-7-6-18(29-19)17-5-8-20(26)25(23-17)13-21(27)10-14-3-4-15(11-21)24(14)12-16-2-1-9-28-16/h1-2,5-9,14-15,27H,3-4,10-13H2/t14-,15+,21?. The molecule has 3 atom stereocenters. The van der Waals surface area contributed by atoms with Crippen LogP contribution in [-0.2, 0) is 13.1 Å². The number of halogens is 1. The van der Waals surface area contributed by atoms with Gasteiger partial charge in [0.1, 0.15) is 5.69 Å². The number of fused-ring (bicyclic) bond motifs is 2. The van der Waals surface area contributed by atoms with Crippen molar-refractivity contribution >= 4 is 34.3 Å². The summed E-state index contributed by atoms with van der Waals surface area (Å²) in [5.74, 6) is 0. The molecule has 0 aromatic carbocycles. The van der Waals surface area contributed by atoms with E-state index in [0.717, 1.165) is 24.3 Å². The molecule has 2 aliphatic rings. The van der Waals surface area contributed by atoms with Crippen molar-refractivity contribution in [2.45, 2.75) is 56.5 Å². The lowest BCUT2D eigenvalue weighted by Gasteiger charge is -2.43. The van der Waals surface area contributed by atoms with Crippen LogP contribution >= 0.6 is 34.3 Å². The molecule has 0 radical (unpaired) electrons. The molecule has 29 heavy (non-hydrogen) atoms. The number of piperidine rings is 1. The fourth-order valence-electron chi connectivity index (χ4n) is 4.81. The minimum Gasteiger partial charge on any atom is -0.388 e. The van der Waals surface area contributed by atoms with Gasteiger partial charge in [-0.15, -0.1) is 22.7 Å². The van der Waals surface area contributed by atoms with Gasteiger partial charge in [-0.05, 0) is 55.3 Å². The van der Waals surface area contributed by atoms with E-state index >= 15 is 0 Å². The van der Waals surface area contributed by atoms with Gasteiger partial charge in [-0.2, -0.15) is 5.10 Å².